The van der Waals surface area contributed by atoms with Crippen LogP contribution in [0.5, 0.6) is 0 Å². The van der Waals surface area contributed by atoms with Crippen molar-refractivity contribution in [3.8, 4) is 0 Å². The molecule has 0 rings (SSSR count). The van der Waals surface area contributed by atoms with Crippen molar-refractivity contribution >= 4 is 13.7 Å². The van der Waals surface area contributed by atoms with Crippen molar-refractivity contribution in [2.24, 2.45) is 0 Å². The lowest BCUT2D eigenvalue weighted by Crippen LogP contribution is -2.45. The fraction of sp³-hybridized carbons (Fsp3) is 0.804. The number of rotatable bonds is 40. The molecule has 9 heteroatoms. The monoisotopic (exact) mass is 796 g/mol. The molecule has 0 spiro atoms. The first-order valence-electron chi connectivity index (χ1n) is 22.5. The van der Waals surface area contributed by atoms with Crippen molar-refractivity contribution in [1.82, 2.24) is 5.32 Å². The molecular weight excluding hydrogens is 707 g/mol. The molecule has 0 saturated carbocycles. The van der Waals surface area contributed by atoms with Gasteiger partial charge in [0.2, 0.25) is 5.91 Å². The van der Waals surface area contributed by atoms with Crippen LogP contribution in [0.25, 0.3) is 0 Å². The zero-order chi connectivity index (χ0) is 40.7. The molecule has 8 nitrogen and oxygen atoms in total. The van der Waals surface area contributed by atoms with Crippen LogP contribution in [0, 0.1) is 0 Å². The number of amides is 1. The molecule has 3 N–H and O–H groups in total. The Labute approximate surface area is 339 Å². The summed E-state index contributed by atoms with van der Waals surface area (Å²) in [6.45, 7) is 4.72. The molecule has 0 fully saturated rings. The average Bonchev–Trinajstić information content (AvgIpc) is 3.13. The molecule has 322 valence electrons. The molecule has 0 radical (unpaired) electrons. The van der Waals surface area contributed by atoms with E-state index in [-0.39, 0.29) is 19.1 Å². The minimum Gasteiger partial charge on any atom is -0.387 e. The Morgan fingerprint density at radius 1 is 0.600 bits per heavy atom. The Bertz CT molecular complexity index is 1040. The van der Waals surface area contributed by atoms with Crippen LogP contribution in [-0.2, 0) is 18.4 Å². The third-order valence-electron chi connectivity index (χ3n) is 9.75. The predicted molar refractivity (Wildman–Crippen MR) is 235 cm³/mol. The molecule has 0 aromatic heterocycles. The number of phosphoric ester groups is 1. The van der Waals surface area contributed by atoms with Gasteiger partial charge in [-0.05, 0) is 64.2 Å². The van der Waals surface area contributed by atoms with E-state index in [1.54, 1.807) is 6.08 Å². The zero-order valence-electron chi connectivity index (χ0n) is 36.4. The van der Waals surface area contributed by atoms with E-state index < -0.39 is 20.0 Å². The Kier molecular flexibility index (Phi) is 36.9. The number of unbranched alkanes of at least 4 members (excludes halogenated alkanes) is 21. The number of nitrogens with one attached hydrogen (secondary N) is 1. The van der Waals surface area contributed by atoms with E-state index in [4.69, 9.17) is 9.05 Å². The first-order valence-corrected chi connectivity index (χ1v) is 24.0. The van der Waals surface area contributed by atoms with Gasteiger partial charge in [0, 0.05) is 6.42 Å². The van der Waals surface area contributed by atoms with Crippen LogP contribution in [0.2, 0.25) is 0 Å². The maximum atomic E-state index is 12.8. The van der Waals surface area contributed by atoms with Crippen molar-refractivity contribution in [1.29, 1.82) is 0 Å². The van der Waals surface area contributed by atoms with Crippen LogP contribution in [0.15, 0.2) is 48.6 Å². The van der Waals surface area contributed by atoms with Gasteiger partial charge in [-0.15, -0.1) is 0 Å². The molecule has 0 aromatic rings. The third kappa shape index (κ3) is 40.5. The summed E-state index contributed by atoms with van der Waals surface area (Å²) in [5.41, 5.74) is 0. The van der Waals surface area contributed by atoms with Gasteiger partial charge in [-0.2, -0.15) is 0 Å². The lowest BCUT2D eigenvalue weighted by molar-refractivity contribution is -0.870. The van der Waals surface area contributed by atoms with E-state index in [0.717, 1.165) is 64.2 Å². The minimum atomic E-state index is -4.35. The van der Waals surface area contributed by atoms with Gasteiger partial charge in [0.05, 0.1) is 39.9 Å². The number of carbonyl (C=O) groups excluding carboxylic acids is 1. The molecular formula is C46H88N2O6P+. The molecule has 3 atom stereocenters. The van der Waals surface area contributed by atoms with Crippen molar-refractivity contribution < 1.29 is 32.9 Å². The number of hydrogen-bond acceptors (Lipinski definition) is 5. The van der Waals surface area contributed by atoms with E-state index in [0.29, 0.717) is 17.4 Å². The summed E-state index contributed by atoms with van der Waals surface area (Å²) >= 11 is 0. The Morgan fingerprint density at radius 2 is 1.02 bits per heavy atom. The maximum Gasteiger partial charge on any atom is 0.472 e. The van der Waals surface area contributed by atoms with E-state index in [9.17, 15) is 19.4 Å². The molecule has 0 aliphatic rings. The molecule has 0 bridgehead atoms. The van der Waals surface area contributed by atoms with E-state index in [2.05, 4.69) is 55.6 Å². The Balaban J connectivity index is 4.41. The maximum absolute atomic E-state index is 12.8. The number of nitrogens with zero attached hydrogens (tertiary/aromatic N) is 1. The number of hydrogen-bond donors (Lipinski definition) is 3. The van der Waals surface area contributed by atoms with Gasteiger partial charge < -0.3 is 19.8 Å². The molecule has 0 saturated heterocycles. The predicted octanol–water partition coefficient (Wildman–Crippen LogP) is 12.5. The second-order valence-corrected chi connectivity index (χ2v) is 17.9. The van der Waals surface area contributed by atoms with Gasteiger partial charge >= 0.3 is 7.82 Å². The summed E-state index contributed by atoms with van der Waals surface area (Å²) in [5.74, 6) is -0.208. The second kappa shape index (κ2) is 38.0. The standard InChI is InChI=1S/C46H87N2O6P/c1-6-8-10-12-14-16-18-19-20-21-22-23-24-25-26-27-28-29-30-31-33-35-37-39-45(49)44(43-54-55(51,52)53-42-41-48(3,4)5)47-46(50)40-38-36-34-32-17-15-13-11-9-7-2/h13,15,26-27,30-31,37,39,44-45,49H,6-12,14,16-25,28-29,32-36,38,40-43H2,1-5H3,(H-,47,50,51,52)/p+1/b15-13-,27-26+,31-30+,39-37+. The fourth-order valence-corrected chi connectivity index (χ4v) is 6.85. The van der Waals surface area contributed by atoms with E-state index in [1.165, 1.54) is 103 Å². The summed E-state index contributed by atoms with van der Waals surface area (Å²) in [6, 6.07) is -0.874. The number of quaternary nitrogens is 1. The summed E-state index contributed by atoms with van der Waals surface area (Å²) in [6.07, 6.45) is 47.7. The van der Waals surface area contributed by atoms with Crippen LogP contribution in [-0.4, -0.2) is 73.4 Å². The van der Waals surface area contributed by atoms with Gasteiger partial charge in [-0.3, -0.25) is 13.8 Å². The Hall–Kier alpha value is -1.54. The van der Waals surface area contributed by atoms with Gasteiger partial charge in [-0.1, -0.05) is 165 Å². The van der Waals surface area contributed by atoms with Crippen LogP contribution in [0.3, 0.4) is 0 Å². The van der Waals surface area contributed by atoms with Gasteiger partial charge in [0.25, 0.3) is 0 Å². The van der Waals surface area contributed by atoms with Crippen molar-refractivity contribution in [2.45, 2.75) is 199 Å². The number of aliphatic hydroxyl groups excluding tert-OH is 1. The highest BCUT2D eigenvalue weighted by Crippen LogP contribution is 2.43. The number of carbonyl (C=O) groups is 1. The number of allylic oxidation sites excluding steroid dienone is 7. The van der Waals surface area contributed by atoms with E-state index in [1.807, 2.05) is 27.2 Å². The smallest absolute Gasteiger partial charge is 0.387 e. The van der Waals surface area contributed by atoms with Crippen LogP contribution >= 0.6 is 7.82 Å². The van der Waals surface area contributed by atoms with Crippen LogP contribution in [0.1, 0.15) is 187 Å². The molecule has 55 heavy (non-hydrogen) atoms. The van der Waals surface area contributed by atoms with Gasteiger partial charge in [0.1, 0.15) is 13.2 Å². The molecule has 0 aromatic carbocycles. The van der Waals surface area contributed by atoms with Crippen LogP contribution in [0.4, 0.5) is 0 Å². The summed E-state index contributed by atoms with van der Waals surface area (Å²) in [5, 5.41) is 13.8. The minimum absolute atomic E-state index is 0.0502. The highest BCUT2D eigenvalue weighted by molar-refractivity contribution is 7.47. The largest absolute Gasteiger partial charge is 0.472 e. The Morgan fingerprint density at radius 3 is 1.51 bits per heavy atom. The lowest BCUT2D eigenvalue weighted by Gasteiger charge is -2.25. The van der Waals surface area contributed by atoms with Crippen molar-refractivity contribution in [2.75, 3.05) is 40.9 Å². The molecule has 1 amide bonds. The first kappa shape index (κ1) is 53.5. The number of likely N-dealkylation sites (N-methyl/N-ethyl adjacent to an activating group) is 1. The molecule has 3 unspecified atom stereocenters. The highest BCUT2D eigenvalue weighted by Gasteiger charge is 2.27. The normalized spacial score (nSPS) is 14.8. The SMILES string of the molecule is CCCC/C=C\CCCCCCC(=O)NC(COP(=O)(O)OCC[N+](C)(C)C)C(O)/C=C/CC/C=C/CC/C=C/CCCCCCCCCCCCCCC. The van der Waals surface area contributed by atoms with Crippen molar-refractivity contribution in [3.63, 3.8) is 0 Å². The third-order valence-corrected chi connectivity index (χ3v) is 10.7. The first-order chi connectivity index (χ1) is 26.5. The van der Waals surface area contributed by atoms with Gasteiger partial charge in [-0.25, -0.2) is 4.57 Å². The summed E-state index contributed by atoms with van der Waals surface area (Å²) in [4.78, 5) is 23.0. The average molecular weight is 796 g/mol. The molecule has 0 aliphatic carbocycles. The lowest BCUT2D eigenvalue weighted by atomic mass is 10.0. The topological polar surface area (TPSA) is 105 Å². The number of phosphoric acid groups is 1. The second-order valence-electron chi connectivity index (χ2n) is 16.4. The van der Waals surface area contributed by atoms with Crippen LogP contribution < -0.4 is 5.32 Å². The number of aliphatic hydroxyl groups is 1. The zero-order valence-corrected chi connectivity index (χ0v) is 37.3. The van der Waals surface area contributed by atoms with Gasteiger partial charge in [0.15, 0.2) is 0 Å². The van der Waals surface area contributed by atoms with Crippen molar-refractivity contribution in [3.05, 3.63) is 48.6 Å². The van der Waals surface area contributed by atoms with E-state index >= 15 is 0 Å². The molecule has 0 aliphatic heterocycles. The fourth-order valence-electron chi connectivity index (χ4n) is 6.11. The molecule has 0 heterocycles. The summed E-state index contributed by atoms with van der Waals surface area (Å²) in [7, 11) is 1.53. The quantitative estimate of drug-likeness (QED) is 0.0247. The highest BCUT2D eigenvalue weighted by atomic mass is 31.2. The summed E-state index contributed by atoms with van der Waals surface area (Å²) < 4.78 is 23.5.